The van der Waals surface area contributed by atoms with Crippen LogP contribution in [0.3, 0.4) is 0 Å². The molecule has 1 rings (SSSR count). The number of nitrogens with zero attached hydrogens (tertiary/aromatic N) is 2. The van der Waals surface area contributed by atoms with Crippen molar-refractivity contribution >= 4 is 27.4 Å². The second-order valence-corrected chi connectivity index (χ2v) is 6.82. The van der Waals surface area contributed by atoms with Crippen LogP contribution in [-0.2, 0) is 14.8 Å². The molecule has 1 unspecified atom stereocenters. The summed E-state index contributed by atoms with van der Waals surface area (Å²) in [4.78, 5) is 1.99. The molecule has 0 aromatic heterocycles. The minimum Gasteiger partial charge on any atom is -0.383 e. The first kappa shape index (κ1) is 15.6. The van der Waals surface area contributed by atoms with Gasteiger partial charge >= 0.3 is 0 Å². The molecule has 0 aromatic carbocycles. The minimum absolute atomic E-state index is 0.149. The largest absolute Gasteiger partial charge is 0.383 e. The second-order valence-electron chi connectivity index (χ2n) is 4.45. The van der Waals surface area contributed by atoms with Crippen LogP contribution in [0.5, 0.6) is 0 Å². The Kier molecular flexibility index (Phi) is 5.77. The summed E-state index contributed by atoms with van der Waals surface area (Å²) < 4.78 is 29.2. The first-order valence-electron chi connectivity index (χ1n) is 5.84. The molecule has 0 aliphatic carbocycles. The molecule has 18 heavy (non-hydrogen) atoms. The molecule has 1 atom stereocenters. The highest BCUT2D eigenvalue weighted by Crippen LogP contribution is 2.06. The molecule has 8 heteroatoms. The van der Waals surface area contributed by atoms with Crippen LogP contribution in [0.1, 0.15) is 6.92 Å². The summed E-state index contributed by atoms with van der Waals surface area (Å²) in [5.41, 5.74) is 0. The molecule has 0 spiro atoms. The third-order valence-corrected chi connectivity index (χ3v) is 4.46. The second kappa shape index (κ2) is 6.65. The molecule has 6 nitrogen and oxygen atoms in total. The number of rotatable bonds is 4. The smallest absolute Gasteiger partial charge is 0.211 e. The molecular weight excluding hydrogens is 274 g/mol. The van der Waals surface area contributed by atoms with Gasteiger partial charge in [-0.05, 0) is 19.1 Å². The Morgan fingerprint density at radius 1 is 1.39 bits per heavy atom. The average molecular weight is 295 g/mol. The van der Waals surface area contributed by atoms with Gasteiger partial charge in [-0.25, -0.2) is 8.42 Å². The van der Waals surface area contributed by atoms with Crippen molar-refractivity contribution in [1.29, 1.82) is 0 Å². The Balaban J connectivity index is 2.41. The molecular formula is C10H21N3O3S2. The average Bonchev–Trinajstić information content (AvgIpc) is 2.28. The van der Waals surface area contributed by atoms with E-state index in [9.17, 15) is 8.42 Å². The minimum atomic E-state index is -3.08. The summed E-state index contributed by atoms with van der Waals surface area (Å²) in [5.74, 6) is 0. The van der Waals surface area contributed by atoms with Crippen molar-refractivity contribution in [2.45, 2.75) is 13.0 Å². The molecule has 0 saturated carbocycles. The lowest BCUT2D eigenvalue weighted by Gasteiger charge is -2.35. The van der Waals surface area contributed by atoms with Crippen molar-refractivity contribution in [3.63, 3.8) is 0 Å². The van der Waals surface area contributed by atoms with Gasteiger partial charge in [0.15, 0.2) is 5.11 Å². The molecule has 1 fully saturated rings. The van der Waals surface area contributed by atoms with E-state index in [2.05, 4.69) is 5.32 Å². The number of hydrogen-bond acceptors (Lipinski definition) is 4. The Morgan fingerprint density at radius 2 is 1.94 bits per heavy atom. The number of hydrogen-bond donors (Lipinski definition) is 1. The Labute approximate surface area is 114 Å². The fraction of sp³-hybridized carbons (Fsp3) is 0.900. The summed E-state index contributed by atoms with van der Waals surface area (Å²) in [5, 5.41) is 3.83. The van der Waals surface area contributed by atoms with Gasteiger partial charge in [0.05, 0.1) is 12.9 Å². The number of ether oxygens (including phenoxy) is 1. The molecule has 0 aromatic rings. The lowest BCUT2D eigenvalue weighted by atomic mass is 10.3. The first-order chi connectivity index (χ1) is 8.34. The van der Waals surface area contributed by atoms with Crippen LogP contribution < -0.4 is 5.32 Å². The van der Waals surface area contributed by atoms with Crippen molar-refractivity contribution in [3.8, 4) is 0 Å². The normalized spacial score (nSPS) is 19.6. The number of thiocarbonyl (C=S) groups is 1. The maximum Gasteiger partial charge on any atom is 0.211 e. The SMILES string of the molecule is COCC(C)NC(=S)N1CCN(S(C)(=O)=O)CC1. The van der Waals surface area contributed by atoms with E-state index in [1.165, 1.54) is 10.6 Å². The third-order valence-electron chi connectivity index (χ3n) is 2.78. The molecule has 0 bridgehead atoms. The van der Waals surface area contributed by atoms with Crippen LogP contribution in [0, 0.1) is 0 Å². The monoisotopic (exact) mass is 295 g/mol. The lowest BCUT2D eigenvalue weighted by Crippen LogP contribution is -2.54. The summed E-state index contributed by atoms with van der Waals surface area (Å²) in [6.45, 7) is 4.79. The van der Waals surface area contributed by atoms with Gasteiger partial charge in [0, 0.05) is 39.3 Å². The van der Waals surface area contributed by atoms with E-state index in [1.807, 2.05) is 11.8 Å². The molecule has 1 N–H and O–H groups in total. The van der Waals surface area contributed by atoms with E-state index in [0.717, 1.165) is 0 Å². The summed E-state index contributed by atoms with van der Waals surface area (Å²) in [6.07, 6.45) is 1.24. The van der Waals surface area contributed by atoms with E-state index in [0.29, 0.717) is 37.9 Å². The van der Waals surface area contributed by atoms with Crippen molar-refractivity contribution < 1.29 is 13.2 Å². The molecule has 1 heterocycles. The molecule has 1 aliphatic heterocycles. The molecule has 1 aliphatic rings. The van der Waals surface area contributed by atoms with Gasteiger partial charge < -0.3 is 15.0 Å². The number of nitrogens with one attached hydrogen (secondary N) is 1. The predicted molar refractivity (Wildman–Crippen MR) is 75.1 cm³/mol. The van der Waals surface area contributed by atoms with Gasteiger partial charge in [-0.2, -0.15) is 4.31 Å². The predicted octanol–water partition coefficient (Wildman–Crippen LogP) is -0.527. The maximum atomic E-state index is 11.4. The number of sulfonamides is 1. The molecule has 1 saturated heterocycles. The van der Waals surface area contributed by atoms with Gasteiger partial charge in [0.1, 0.15) is 0 Å². The summed E-state index contributed by atoms with van der Waals surface area (Å²) in [6, 6.07) is 0.149. The lowest BCUT2D eigenvalue weighted by molar-refractivity contribution is 0.176. The van der Waals surface area contributed by atoms with Crippen LogP contribution in [0.4, 0.5) is 0 Å². The van der Waals surface area contributed by atoms with E-state index in [4.69, 9.17) is 17.0 Å². The number of methoxy groups -OCH3 is 1. The van der Waals surface area contributed by atoms with Crippen molar-refractivity contribution in [1.82, 2.24) is 14.5 Å². The fourth-order valence-corrected chi connectivity index (χ4v) is 3.03. The van der Waals surface area contributed by atoms with Gasteiger partial charge in [-0.15, -0.1) is 0 Å². The quantitative estimate of drug-likeness (QED) is 0.704. The van der Waals surface area contributed by atoms with Gasteiger partial charge in [0.25, 0.3) is 0 Å². The van der Waals surface area contributed by atoms with E-state index in [-0.39, 0.29) is 6.04 Å². The van der Waals surface area contributed by atoms with Crippen molar-refractivity contribution in [3.05, 3.63) is 0 Å². The first-order valence-corrected chi connectivity index (χ1v) is 8.09. The molecule has 0 amide bonds. The van der Waals surface area contributed by atoms with E-state index in [1.54, 1.807) is 7.11 Å². The highest BCUT2D eigenvalue weighted by Gasteiger charge is 2.24. The topological polar surface area (TPSA) is 61.9 Å². The fourth-order valence-electron chi connectivity index (χ4n) is 1.82. The highest BCUT2D eigenvalue weighted by atomic mass is 32.2. The highest BCUT2D eigenvalue weighted by molar-refractivity contribution is 7.88. The van der Waals surface area contributed by atoms with Gasteiger partial charge in [-0.1, -0.05) is 0 Å². The van der Waals surface area contributed by atoms with E-state index < -0.39 is 10.0 Å². The Hall–Kier alpha value is -0.440. The van der Waals surface area contributed by atoms with Crippen LogP contribution in [-0.4, -0.2) is 74.9 Å². The van der Waals surface area contributed by atoms with E-state index >= 15 is 0 Å². The van der Waals surface area contributed by atoms with Crippen LogP contribution >= 0.6 is 12.2 Å². The molecule has 106 valence electrons. The summed E-state index contributed by atoms with van der Waals surface area (Å²) >= 11 is 5.29. The zero-order chi connectivity index (χ0) is 13.8. The van der Waals surface area contributed by atoms with Crippen LogP contribution in [0.15, 0.2) is 0 Å². The van der Waals surface area contributed by atoms with Crippen LogP contribution in [0.2, 0.25) is 0 Å². The number of piperazine rings is 1. The standard InChI is InChI=1S/C10H21N3O3S2/c1-9(8-16-2)11-10(17)12-4-6-13(7-5-12)18(3,14)15/h9H,4-8H2,1-3H3,(H,11,17). The van der Waals surface area contributed by atoms with Gasteiger partial charge in [-0.3, -0.25) is 0 Å². The maximum absolute atomic E-state index is 11.4. The Morgan fingerprint density at radius 3 is 2.39 bits per heavy atom. The molecule has 0 radical (unpaired) electrons. The Bertz CT molecular complexity index is 378. The zero-order valence-electron chi connectivity index (χ0n) is 11.0. The van der Waals surface area contributed by atoms with Crippen LogP contribution in [0.25, 0.3) is 0 Å². The van der Waals surface area contributed by atoms with Crippen molar-refractivity contribution in [2.75, 3.05) is 46.2 Å². The third kappa shape index (κ3) is 4.68. The van der Waals surface area contributed by atoms with Gasteiger partial charge in [0.2, 0.25) is 10.0 Å². The summed E-state index contributed by atoms with van der Waals surface area (Å²) in [7, 11) is -1.44. The zero-order valence-corrected chi connectivity index (χ0v) is 12.7. The van der Waals surface area contributed by atoms with Crippen molar-refractivity contribution in [2.24, 2.45) is 0 Å².